The molecule has 40 heavy (non-hydrogen) atoms. The van der Waals surface area contributed by atoms with E-state index < -0.39 is 48.4 Å². The van der Waals surface area contributed by atoms with Gasteiger partial charge in [-0.3, -0.25) is 4.79 Å². The number of carboxylic acids is 1. The number of nitrogens with zero attached hydrogens (tertiary/aromatic N) is 2. The Bertz CT molecular complexity index is 1460. The molecule has 0 saturated carbocycles. The molecule has 0 bridgehead atoms. The minimum absolute atomic E-state index is 0.00414. The first-order chi connectivity index (χ1) is 18.5. The Balaban J connectivity index is 2.17. The van der Waals surface area contributed by atoms with Gasteiger partial charge in [0.2, 0.25) is 11.3 Å². The number of hydrogen-bond donors (Lipinski definition) is 2. The second-order valence-electron chi connectivity index (χ2n) is 11.6. The summed E-state index contributed by atoms with van der Waals surface area (Å²) in [5.74, 6) is -4.71. The van der Waals surface area contributed by atoms with Crippen molar-refractivity contribution in [2.24, 2.45) is 5.92 Å². The van der Waals surface area contributed by atoms with Crippen LogP contribution in [0.2, 0.25) is 18.1 Å². The summed E-state index contributed by atoms with van der Waals surface area (Å²) in [6.45, 7) is 14.5. The van der Waals surface area contributed by atoms with Crippen molar-refractivity contribution in [2.45, 2.75) is 65.3 Å². The van der Waals surface area contributed by atoms with Crippen LogP contribution in [0.1, 0.15) is 56.6 Å². The van der Waals surface area contributed by atoms with E-state index in [0.717, 1.165) is 0 Å². The van der Waals surface area contributed by atoms with Crippen LogP contribution in [0.4, 0.5) is 18.9 Å². The summed E-state index contributed by atoms with van der Waals surface area (Å²) in [6, 6.07) is 2.10. The molecule has 0 amide bonds. The molecule has 2 N–H and O–H groups in total. The highest BCUT2D eigenvalue weighted by atomic mass is 28.4. The van der Waals surface area contributed by atoms with E-state index in [9.17, 15) is 27.9 Å². The molecule has 0 radical (unpaired) electrons. The van der Waals surface area contributed by atoms with Crippen molar-refractivity contribution in [1.82, 2.24) is 9.55 Å². The fourth-order valence-corrected chi connectivity index (χ4v) is 5.02. The van der Waals surface area contributed by atoms with Gasteiger partial charge in [0.1, 0.15) is 22.7 Å². The largest absolute Gasteiger partial charge is 0.481 e. The predicted octanol–water partition coefficient (Wildman–Crippen LogP) is 6.35. The summed E-state index contributed by atoms with van der Waals surface area (Å²) >= 11 is 0. The molecule has 0 saturated heterocycles. The van der Waals surface area contributed by atoms with E-state index in [2.05, 4.69) is 44.2 Å². The molecule has 1 atom stereocenters. The number of fused-ring (bicyclic) bond motifs is 1. The van der Waals surface area contributed by atoms with E-state index in [4.69, 9.17) is 9.16 Å². The molecule has 2 heterocycles. The number of nitrogens with one attached hydrogen (secondary N) is 1. The molecular weight excluding hydrogens is 543 g/mol. The summed E-state index contributed by atoms with van der Waals surface area (Å²) < 4.78 is 55.2. The minimum Gasteiger partial charge on any atom is -0.481 e. The van der Waals surface area contributed by atoms with E-state index >= 15 is 0 Å². The Morgan fingerprint density at radius 3 is 2.25 bits per heavy atom. The standard InChI is InChI=1S/C28H36F3N3O5Si/c1-15(2)22(14-39-40(7,8)28(3,4)5)34-13-19(27(36)37)24(35)18-9-16(26(38-6)33-25(18)34)12-32-23-20(30)10-17(29)11-21(23)31/h9-11,13,15,22,32H,12,14H2,1-8H3,(H,36,37). The van der Waals surface area contributed by atoms with Gasteiger partial charge in [-0.1, -0.05) is 34.6 Å². The molecule has 218 valence electrons. The average molecular weight is 580 g/mol. The van der Waals surface area contributed by atoms with Gasteiger partial charge in [0, 0.05) is 30.4 Å². The van der Waals surface area contributed by atoms with Crippen LogP contribution in [0, 0.1) is 23.4 Å². The van der Waals surface area contributed by atoms with Crippen molar-refractivity contribution in [3.8, 4) is 5.88 Å². The molecule has 0 aliphatic rings. The monoisotopic (exact) mass is 579 g/mol. The lowest BCUT2D eigenvalue weighted by Crippen LogP contribution is -2.42. The number of carbonyl (C=O) groups is 1. The predicted molar refractivity (Wildman–Crippen MR) is 150 cm³/mol. The zero-order valence-electron chi connectivity index (χ0n) is 24.0. The molecule has 1 unspecified atom stereocenters. The van der Waals surface area contributed by atoms with E-state index in [0.29, 0.717) is 12.1 Å². The molecule has 1 aromatic carbocycles. The van der Waals surface area contributed by atoms with E-state index in [1.807, 2.05) is 13.8 Å². The molecule has 0 aliphatic carbocycles. The Morgan fingerprint density at radius 1 is 1.15 bits per heavy atom. The van der Waals surface area contributed by atoms with Crippen LogP contribution in [0.5, 0.6) is 5.88 Å². The first-order valence-corrected chi connectivity index (χ1v) is 15.8. The number of halogens is 3. The lowest BCUT2D eigenvalue weighted by molar-refractivity contribution is 0.0694. The van der Waals surface area contributed by atoms with Crippen molar-refractivity contribution in [1.29, 1.82) is 0 Å². The van der Waals surface area contributed by atoms with Crippen LogP contribution < -0.4 is 15.5 Å². The number of rotatable bonds is 10. The van der Waals surface area contributed by atoms with Crippen LogP contribution in [-0.4, -0.2) is 42.7 Å². The third-order valence-electron chi connectivity index (χ3n) is 7.48. The zero-order chi connectivity index (χ0) is 30.2. The number of carboxylic acid groups (broad SMARTS) is 1. The van der Waals surface area contributed by atoms with Crippen LogP contribution in [0.3, 0.4) is 0 Å². The molecular formula is C28H36F3N3O5Si. The van der Waals surface area contributed by atoms with Gasteiger partial charge in [0.25, 0.3) is 0 Å². The van der Waals surface area contributed by atoms with Gasteiger partial charge in [-0.25, -0.2) is 18.0 Å². The number of hydrogen-bond acceptors (Lipinski definition) is 6. The molecule has 0 spiro atoms. The topological polar surface area (TPSA) is 103 Å². The lowest BCUT2D eigenvalue weighted by atomic mass is 10.0. The summed E-state index contributed by atoms with van der Waals surface area (Å²) in [4.78, 5) is 29.9. The third-order valence-corrected chi connectivity index (χ3v) is 12.0. The highest BCUT2D eigenvalue weighted by Gasteiger charge is 2.38. The second kappa shape index (κ2) is 11.6. The van der Waals surface area contributed by atoms with Gasteiger partial charge in [0.15, 0.2) is 20.0 Å². The zero-order valence-corrected chi connectivity index (χ0v) is 25.0. The molecule has 0 aliphatic heterocycles. The Hall–Kier alpha value is -3.38. The minimum atomic E-state index is -2.17. The van der Waals surface area contributed by atoms with Crippen LogP contribution >= 0.6 is 0 Å². The van der Waals surface area contributed by atoms with Gasteiger partial charge in [-0.2, -0.15) is 4.98 Å². The van der Waals surface area contributed by atoms with Crippen molar-refractivity contribution in [3.05, 3.63) is 63.2 Å². The maximum Gasteiger partial charge on any atom is 0.341 e. The molecule has 12 heteroatoms. The number of aromatic carboxylic acids is 1. The van der Waals surface area contributed by atoms with Crippen molar-refractivity contribution < 1.29 is 32.2 Å². The van der Waals surface area contributed by atoms with E-state index in [1.165, 1.54) is 19.4 Å². The number of pyridine rings is 2. The second-order valence-corrected chi connectivity index (χ2v) is 16.4. The highest BCUT2D eigenvalue weighted by Crippen LogP contribution is 2.38. The summed E-state index contributed by atoms with van der Waals surface area (Å²) in [5.41, 5.74) is -1.35. The molecule has 8 nitrogen and oxygen atoms in total. The fraction of sp³-hybridized carbons (Fsp3) is 0.464. The van der Waals surface area contributed by atoms with Crippen LogP contribution in [-0.2, 0) is 11.0 Å². The van der Waals surface area contributed by atoms with Gasteiger partial charge in [-0.15, -0.1) is 0 Å². The third kappa shape index (κ3) is 6.33. The molecule has 0 fully saturated rings. The maximum absolute atomic E-state index is 14.2. The summed E-state index contributed by atoms with van der Waals surface area (Å²) in [7, 11) is -0.820. The number of ether oxygens (including phenoxy) is 1. The van der Waals surface area contributed by atoms with Gasteiger partial charge in [-0.05, 0) is 30.1 Å². The summed E-state index contributed by atoms with van der Waals surface area (Å²) in [6.07, 6.45) is 1.28. The Morgan fingerprint density at radius 2 is 1.75 bits per heavy atom. The molecule has 2 aromatic heterocycles. The first kappa shape index (κ1) is 31.1. The maximum atomic E-state index is 14.2. The first-order valence-electron chi connectivity index (χ1n) is 12.9. The number of benzene rings is 1. The van der Waals surface area contributed by atoms with Crippen molar-refractivity contribution in [2.75, 3.05) is 19.0 Å². The SMILES string of the molecule is COc1nc2c(cc1CNc1c(F)cc(F)cc1F)c(=O)c(C(=O)O)cn2C(CO[Si](C)(C)C(C)(C)C)C(C)C. The Labute approximate surface area is 232 Å². The normalized spacial score (nSPS) is 13.1. The van der Waals surface area contributed by atoms with Crippen LogP contribution in [0.15, 0.2) is 29.2 Å². The number of anilines is 1. The lowest BCUT2D eigenvalue weighted by Gasteiger charge is -2.38. The highest BCUT2D eigenvalue weighted by molar-refractivity contribution is 6.74. The Kier molecular flexibility index (Phi) is 9.05. The average Bonchev–Trinajstić information content (AvgIpc) is 2.83. The van der Waals surface area contributed by atoms with E-state index in [-0.39, 0.29) is 52.6 Å². The van der Waals surface area contributed by atoms with Crippen molar-refractivity contribution in [3.63, 3.8) is 0 Å². The van der Waals surface area contributed by atoms with E-state index in [1.54, 1.807) is 4.57 Å². The van der Waals surface area contributed by atoms with Crippen LogP contribution in [0.25, 0.3) is 11.0 Å². The van der Waals surface area contributed by atoms with Crippen molar-refractivity contribution >= 4 is 31.0 Å². The van der Waals surface area contributed by atoms with Gasteiger partial charge >= 0.3 is 5.97 Å². The van der Waals surface area contributed by atoms with Gasteiger partial charge < -0.3 is 24.2 Å². The summed E-state index contributed by atoms with van der Waals surface area (Å²) in [5, 5.41) is 12.3. The number of aromatic nitrogens is 2. The molecule has 3 rings (SSSR count). The van der Waals surface area contributed by atoms with Gasteiger partial charge in [0.05, 0.1) is 25.1 Å². The fourth-order valence-electron chi connectivity index (χ4n) is 4.00. The quantitative estimate of drug-likeness (QED) is 0.270. The smallest absolute Gasteiger partial charge is 0.341 e. The number of methoxy groups -OCH3 is 1. The molecule has 3 aromatic rings.